The van der Waals surface area contributed by atoms with Crippen molar-refractivity contribution in [3.63, 3.8) is 0 Å². The quantitative estimate of drug-likeness (QED) is 0.221. The summed E-state index contributed by atoms with van der Waals surface area (Å²) in [4.78, 5) is 29.5. The normalized spacial score (nSPS) is 22.8. The van der Waals surface area contributed by atoms with Crippen LogP contribution in [0.5, 0.6) is 5.75 Å². The van der Waals surface area contributed by atoms with Crippen molar-refractivity contribution in [3.8, 4) is 28.1 Å². The van der Waals surface area contributed by atoms with Gasteiger partial charge in [0, 0.05) is 56.2 Å². The number of amides is 1. The summed E-state index contributed by atoms with van der Waals surface area (Å²) in [5.41, 5.74) is 2.49. The predicted octanol–water partition coefficient (Wildman–Crippen LogP) is 5.64. The largest absolute Gasteiger partial charge is 0.467 e. The lowest BCUT2D eigenvalue weighted by Crippen LogP contribution is -2.62. The van der Waals surface area contributed by atoms with E-state index < -0.39 is 0 Å². The van der Waals surface area contributed by atoms with Crippen LogP contribution in [-0.2, 0) is 16.5 Å². The molecule has 2 aliphatic heterocycles. The Balaban J connectivity index is 1.35. The number of pyridine rings is 1. The topological polar surface area (TPSA) is 99.0 Å². The Hall–Kier alpha value is -3.92. The van der Waals surface area contributed by atoms with Gasteiger partial charge in [-0.05, 0) is 87.4 Å². The number of piperidine rings is 1. The molecule has 0 spiro atoms. The summed E-state index contributed by atoms with van der Waals surface area (Å²) in [5.74, 6) is 1.36. The molecule has 0 radical (unpaired) electrons. The Labute approximate surface area is 253 Å². The van der Waals surface area contributed by atoms with Crippen LogP contribution in [0.4, 0.5) is 10.6 Å². The van der Waals surface area contributed by atoms with Gasteiger partial charge < -0.3 is 23.7 Å². The third kappa shape index (κ3) is 6.11. The van der Waals surface area contributed by atoms with E-state index in [0.29, 0.717) is 18.1 Å². The molecule has 1 aromatic carbocycles. The van der Waals surface area contributed by atoms with E-state index in [2.05, 4.69) is 42.9 Å². The standard InChI is InChI=1S/C33H43N5O5/c1-7-8-17-42-31(40)38-32(2)14-15-33(38,3)21-25(20-32)37(5)29-12-11-27(34-35-29)26-10-9-23(18-28(26)43-22-41-6)24-13-16-36(4)30(39)19-24/h9-13,16,18-19,25H,7-8,14-15,17,20-22H2,1-6H3. The second-order valence-electron chi connectivity index (χ2n) is 12.4. The van der Waals surface area contributed by atoms with Gasteiger partial charge in [0.2, 0.25) is 0 Å². The van der Waals surface area contributed by atoms with Crippen LogP contribution in [0.15, 0.2) is 53.5 Å². The van der Waals surface area contributed by atoms with E-state index in [4.69, 9.17) is 14.2 Å². The monoisotopic (exact) mass is 589 g/mol. The van der Waals surface area contributed by atoms with E-state index in [1.807, 2.05) is 41.3 Å². The van der Waals surface area contributed by atoms with Gasteiger partial charge >= 0.3 is 6.09 Å². The smallest absolute Gasteiger partial charge is 0.410 e. The van der Waals surface area contributed by atoms with Crippen LogP contribution in [0.3, 0.4) is 0 Å². The fourth-order valence-corrected chi connectivity index (χ4v) is 6.70. The molecule has 2 saturated heterocycles. The molecule has 10 heteroatoms. The molecule has 2 fully saturated rings. The number of nitrogens with zero attached hydrogens (tertiary/aromatic N) is 5. The number of methoxy groups -OCH3 is 1. The molecule has 0 N–H and O–H groups in total. The molecule has 0 aliphatic carbocycles. The van der Waals surface area contributed by atoms with Crippen LogP contribution in [0.1, 0.15) is 59.3 Å². The summed E-state index contributed by atoms with van der Waals surface area (Å²) in [6, 6.07) is 13.4. The first-order valence-corrected chi connectivity index (χ1v) is 15.1. The zero-order valence-corrected chi connectivity index (χ0v) is 26.1. The summed E-state index contributed by atoms with van der Waals surface area (Å²) in [7, 11) is 5.35. The fraction of sp³-hybridized carbons (Fsp3) is 0.515. The zero-order valence-electron chi connectivity index (χ0n) is 26.1. The maximum absolute atomic E-state index is 13.1. The summed E-state index contributed by atoms with van der Waals surface area (Å²) < 4.78 is 18.3. The van der Waals surface area contributed by atoms with Crippen LogP contribution in [0, 0.1) is 0 Å². The number of anilines is 1. The Bertz CT molecular complexity index is 1490. The Morgan fingerprint density at radius 1 is 1.05 bits per heavy atom. The Morgan fingerprint density at radius 2 is 1.77 bits per heavy atom. The Kier molecular flexibility index (Phi) is 8.78. The lowest BCUT2D eigenvalue weighted by Gasteiger charge is -2.52. The number of carbonyl (C=O) groups excluding carboxylic acids is 1. The van der Waals surface area contributed by atoms with Crippen LogP contribution < -0.4 is 15.2 Å². The van der Waals surface area contributed by atoms with Crippen molar-refractivity contribution in [3.05, 3.63) is 59.0 Å². The number of fused-ring (bicyclic) bond motifs is 2. The average molecular weight is 590 g/mol. The highest BCUT2D eigenvalue weighted by Gasteiger charge is 2.58. The number of aromatic nitrogens is 3. The van der Waals surface area contributed by atoms with E-state index in [1.54, 1.807) is 26.4 Å². The minimum Gasteiger partial charge on any atom is -0.467 e. The number of ether oxygens (including phenoxy) is 3. The van der Waals surface area contributed by atoms with Crippen molar-refractivity contribution in [2.24, 2.45) is 7.05 Å². The van der Waals surface area contributed by atoms with Gasteiger partial charge in [0.15, 0.2) is 12.6 Å². The number of rotatable bonds is 10. The number of carbonyl (C=O) groups is 1. The van der Waals surface area contributed by atoms with Crippen LogP contribution in [0.2, 0.25) is 0 Å². The molecule has 3 aromatic rings. The molecule has 10 nitrogen and oxygen atoms in total. The molecule has 1 amide bonds. The molecular formula is C33H43N5O5. The molecule has 5 rings (SSSR count). The maximum Gasteiger partial charge on any atom is 0.410 e. The Morgan fingerprint density at radius 3 is 2.40 bits per heavy atom. The van der Waals surface area contributed by atoms with Crippen molar-refractivity contribution in [1.82, 2.24) is 19.7 Å². The van der Waals surface area contributed by atoms with Crippen LogP contribution in [0.25, 0.3) is 22.4 Å². The van der Waals surface area contributed by atoms with Gasteiger partial charge in [-0.1, -0.05) is 19.4 Å². The molecule has 2 aromatic heterocycles. The highest BCUT2D eigenvalue weighted by molar-refractivity contribution is 5.75. The van der Waals surface area contributed by atoms with E-state index in [-0.39, 0.29) is 35.6 Å². The molecule has 4 heterocycles. The minimum absolute atomic E-state index is 0.0731. The zero-order chi connectivity index (χ0) is 30.8. The molecule has 230 valence electrons. The summed E-state index contributed by atoms with van der Waals surface area (Å²) >= 11 is 0. The van der Waals surface area contributed by atoms with E-state index in [9.17, 15) is 9.59 Å². The fourth-order valence-electron chi connectivity index (χ4n) is 6.70. The predicted molar refractivity (Wildman–Crippen MR) is 166 cm³/mol. The number of benzene rings is 1. The van der Waals surface area contributed by atoms with Gasteiger partial charge in [-0.2, -0.15) is 0 Å². The lowest BCUT2D eigenvalue weighted by molar-refractivity contribution is -0.00312. The summed E-state index contributed by atoms with van der Waals surface area (Å²) in [5, 5.41) is 9.20. The number of hydrogen-bond donors (Lipinski definition) is 0. The second kappa shape index (κ2) is 12.4. The molecule has 43 heavy (non-hydrogen) atoms. The van der Waals surface area contributed by atoms with Gasteiger partial charge in [0.05, 0.1) is 12.3 Å². The number of aryl methyl sites for hydroxylation is 1. The van der Waals surface area contributed by atoms with Crippen molar-refractivity contribution in [1.29, 1.82) is 0 Å². The van der Waals surface area contributed by atoms with Gasteiger partial charge in [-0.25, -0.2) is 4.79 Å². The lowest BCUT2D eigenvalue weighted by atomic mass is 9.82. The van der Waals surface area contributed by atoms with Gasteiger partial charge in [-0.15, -0.1) is 10.2 Å². The van der Waals surface area contributed by atoms with E-state index >= 15 is 0 Å². The van der Waals surface area contributed by atoms with E-state index in [0.717, 1.165) is 61.0 Å². The molecule has 0 saturated carbocycles. The highest BCUT2D eigenvalue weighted by Crippen LogP contribution is 2.52. The molecule has 2 unspecified atom stereocenters. The van der Waals surface area contributed by atoms with Gasteiger partial charge in [0.25, 0.3) is 5.56 Å². The van der Waals surface area contributed by atoms with Crippen molar-refractivity contribution < 1.29 is 19.0 Å². The molecule has 2 aliphatic rings. The van der Waals surface area contributed by atoms with Gasteiger partial charge in [-0.3, -0.25) is 9.69 Å². The van der Waals surface area contributed by atoms with Crippen LogP contribution >= 0.6 is 0 Å². The first-order chi connectivity index (χ1) is 20.6. The summed E-state index contributed by atoms with van der Waals surface area (Å²) in [6.45, 7) is 7.01. The van der Waals surface area contributed by atoms with Gasteiger partial charge in [0.1, 0.15) is 5.75 Å². The molecule has 2 atom stereocenters. The third-order valence-corrected chi connectivity index (χ3v) is 9.13. The second-order valence-corrected chi connectivity index (χ2v) is 12.4. The highest BCUT2D eigenvalue weighted by atomic mass is 16.7. The molecule has 2 bridgehead atoms. The maximum atomic E-state index is 13.1. The van der Waals surface area contributed by atoms with Crippen LogP contribution in [-0.4, -0.2) is 70.4 Å². The first kappa shape index (κ1) is 30.5. The van der Waals surface area contributed by atoms with Crippen molar-refractivity contribution >= 4 is 11.9 Å². The number of hydrogen-bond acceptors (Lipinski definition) is 8. The minimum atomic E-state index is -0.263. The van der Waals surface area contributed by atoms with E-state index in [1.165, 1.54) is 4.57 Å². The third-order valence-electron chi connectivity index (χ3n) is 9.13. The van der Waals surface area contributed by atoms with Crippen molar-refractivity contribution in [2.45, 2.75) is 76.4 Å². The number of unbranched alkanes of at least 4 members (excludes halogenated alkanes) is 1. The van der Waals surface area contributed by atoms with Crippen molar-refractivity contribution in [2.75, 3.05) is 32.5 Å². The average Bonchev–Trinajstić information content (AvgIpc) is 3.17. The SMILES string of the molecule is CCCCOC(=O)N1C2(C)CCC1(C)CC(N(C)c1ccc(-c3ccc(-c4ccn(C)c(=O)c4)cc3OCOC)nn1)C2. The first-order valence-electron chi connectivity index (χ1n) is 15.1. The summed E-state index contributed by atoms with van der Waals surface area (Å²) in [6.07, 6.45) is 7.03. The molecular weight excluding hydrogens is 546 g/mol.